The number of fused-ring (bicyclic) bond motifs is 2. The monoisotopic (exact) mass is 451 g/mol. The molecular formula is C25H29N3O5. The number of nitrogens with zero attached hydrogens (tertiary/aromatic N) is 1. The predicted molar refractivity (Wildman–Crippen MR) is 122 cm³/mol. The molecule has 33 heavy (non-hydrogen) atoms. The highest BCUT2D eigenvalue weighted by Gasteiger charge is 2.74. The number of carbonyl (C=O) groups is 3. The number of amides is 3. The SMILES string of the molecule is CCCNC(=O)[C@@H]1[C@H]2C(=O)N(CCO)C(C(=O)Nc3ccc4ccccc4c3)C23CC[C@H]1O3. The van der Waals surface area contributed by atoms with Crippen LogP contribution < -0.4 is 10.6 Å². The molecule has 2 aromatic rings. The van der Waals surface area contributed by atoms with E-state index in [4.69, 9.17) is 4.74 Å². The van der Waals surface area contributed by atoms with Gasteiger partial charge in [0.2, 0.25) is 17.7 Å². The molecule has 0 aliphatic carbocycles. The summed E-state index contributed by atoms with van der Waals surface area (Å²) >= 11 is 0. The van der Waals surface area contributed by atoms with Crippen LogP contribution in [0.25, 0.3) is 10.8 Å². The third kappa shape index (κ3) is 3.40. The van der Waals surface area contributed by atoms with Crippen molar-refractivity contribution in [1.29, 1.82) is 0 Å². The van der Waals surface area contributed by atoms with Gasteiger partial charge in [0.25, 0.3) is 0 Å². The number of aliphatic hydroxyl groups is 1. The van der Waals surface area contributed by atoms with E-state index in [2.05, 4.69) is 10.6 Å². The average Bonchev–Trinajstić information content (AvgIpc) is 3.45. The standard InChI is InChI=1S/C25H29N3O5/c1-2-11-26-22(30)19-18-9-10-25(33-18)20(19)24(32)28(12-13-29)21(25)23(31)27-17-8-7-15-5-3-4-6-16(15)14-17/h3-8,14,18-21,29H,2,9-13H2,1H3,(H,26,30)(H,27,31)/t18-,19+,20+,21?,25?/m1/s1. The quantitative estimate of drug-likeness (QED) is 0.594. The summed E-state index contributed by atoms with van der Waals surface area (Å²) in [5, 5.41) is 17.5. The number of carbonyl (C=O) groups excluding carboxylic acids is 3. The number of benzene rings is 2. The molecule has 3 fully saturated rings. The minimum Gasteiger partial charge on any atom is -0.395 e. The molecule has 0 aromatic heterocycles. The number of anilines is 1. The number of nitrogens with one attached hydrogen (secondary N) is 2. The third-order valence-electron chi connectivity index (χ3n) is 7.26. The molecule has 3 amide bonds. The first-order chi connectivity index (χ1) is 16.0. The second kappa shape index (κ2) is 8.43. The van der Waals surface area contributed by atoms with Crippen molar-refractivity contribution in [3.63, 3.8) is 0 Å². The largest absolute Gasteiger partial charge is 0.395 e. The van der Waals surface area contributed by atoms with Crippen molar-refractivity contribution < 1.29 is 24.2 Å². The molecule has 8 heteroatoms. The van der Waals surface area contributed by atoms with Crippen LogP contribution in [0.3, 0.4) is 0 Å². The molecule has 5 atom stereocenters. The van der Waals surface area contributed by atoms with Gasteiger partial charge in [0.05, 0.1) is 24.5 Å². The molecule has 3 saturated heterocycles. The topological polar surface area (TPSA) is 108 Å². The van der Waals surface area contributed by atoms with Gasteiger partial charge < -0.3 is 25.4 Å². The zero-order chi connectivity index (χ0) is 23.2. The van der Waals surface area contributed by atoms with Crippen molar-refractivity contribution in [2.75, 3.05) is 25.0 Å². The van der Waals surface area contributed by atoms with Crippen LogP contribution in [0, 0.1) is 11.8 Å². The van der Waals surface area contributed by atoms with Crippen LogP contribution in [-0.2, 0) is 19.1 Å². The van der Waals surface area contributed by atoms with Gasteiger partial charge in [-0.05, 0) is 42.2 Å². The summed E-state index contributed by atoms with van der Waals surface area (Å²) in [6, 6.07) is 12.6. The Morgan fingerprint density at radius 3 is 2.73 bits per heavy atom. The molecule has 0 saturated carbocycles. The van der Waals surface area contributed by atoms with Crippen LogP contribution in [0.15, 0.2) is 42.5 Å². The summed E-state index contributed by atoms with van der Waals surface area (Å²) in [6.07, 6.45) is 1.58. The Bertz CT molecular complexity index is 1100. The maximum absolute atomic E-state index is 13.6. The summed E-state index contributed by atoms with van der Waals surface area (Å²) < 4.78 is 6.32. The van der Waals surface area contributed by atoms with Gasteiger partial charge in [0.15, 0.2) is 0 Å². The van der Waals surface area contributed by atoms with Crippen LogP contribution in [0.1, 0.15) is 26.2 Å². The number of ether oxygens (including phenoxy) is 1. The zero-order valence-electron chi connectivity index (χ0n) is 18.6. The minimum atomic E-state index is -1.05. The molecule has 5 rings (SSSR count). The Hall–Kier alpha value is -2.97. The fraction of sp³-hybridized carbons (Fsp3) is 0.480. The van der Waals surface area contributed by atoms with Crippen LogP contribution in [0.2, 0.25) is 0 Å². The predicted octanol–water partition coefficient (Wildman–Crippen LogP) is 1.67. The molecule has 3 aliphatic rings. The number of β-amino-alcohol motifs (C(OH)–C–C–N with tert-alkyl or cyclic N) is 1. The molecule has 8 nitrogen and oxygen atoms in total. The molecule has 174 valence electrons. The van der Waals surface area contributed by atoms with E-state index in [1.54, 1.807) is 0 Å². The fourth-order valence-electron chi connectivity index (χ4n) is 5.95. The molecule has 0 radical (unpaired) electrons. The lowest BCUT2D eigenvalue weighted by molar-refractivity contribution is -0.141. The minimum absolute atomic E-state index is 0.0181. The van der Waals surface area contributed by atoms with Gasteiger partial charge in [-0.1, -0.05) is 37.3 Å². The highest BCUT2D eigenvalue weighted by molar-refractivity contribution is 6.04. The Kier molecular flexibility index (Phi) is 5.58. The van der Waals surface area contributed by atoms with Crippen molar-refractivity contribution in [3.05, 3.63) is 42.5 Å². The lowest BCUT2D eigenvalue weighted by Gasteiger charge is -2.33. The Balaban J connectivity index is 1.46. The van der Waals surface area contributed by atoms with E-state index in [0.29, 0.717) is 25.1 Å². The van der Waals surface area contributed by atoms with Gasteiger partial charge in [0, 0.05) is 18.8 Å². The van der Waals surface area contributed by atoms with E-state index in [1.165, 1.54) is 4.90 Å². The van der Waals surface area contributed by atoms with Crippen LogP contribution in [0.5, 0.6) is 0 Å². The number of likely N-dealkylation sites (tertiary alicyclic amines) is 1. The van der Waals surface area contributed by atoms with E-state index >= 15 is 0 Å². The van der Waals surface area contributed by atoms with E-state index in [-0.39, 0.29) is 37.0 Å². The van der Waals surface area contributed by atoms with E-state index in [0.717, 1.165) is 17.2 Å². The summed E-state index contributed by atoms with van der Waals surface area (Å²) in [6.45, 7) is 2.24. The number of hydrogen-bond donors (Lipinski definition) is 3. The third-order valence-corrected chi connectivity index (χ3v) is 7.26. The normalized spacial score (nSPS) is 30.0. The van der Waals surface area contributed by atoms with E-state index in [1.807, 2.05) is 49.4 Å². The van der Waals surface area contributed by atoms with E-state index in [9.17, 15) is 19.5 Å². The van der Waals surface area contributed by atoms with Gasteiger partial charge in [0.1, 0.15) is 11.6 Å². The molecular weight excluding hydrogens is 422 g/mol. The fourth-order valence-corrected chi connectivity index (χ4v) is 5.95. The van der Waals surface area contributed by atoms with Crippen LogP contribution in [-0.4, -0.2) is 65.2 Å². The summed E-state index contributed by atoms with van der Waals surface area (Å²) in [7, 11) is 0. The van der Waals surface area contributed by atoms with Gasteiger partial charge in [-0.3, -0.25) is 14.4 Å². The Labute approximate surface area is 192 Å². The molecule has 2 bridgehead atoms. The second-order valence-corrected chi connectivity index (χ2v) is 9.15. The molecule has 2 unspecified atom stereocenters. The van der Waals surface area contributed by atoms with Crippen molar-refractivity contribution in [1.82, 2.24) is 10.2 Å². The van der Waals surface area contributed by atoms with Crippen molar-refractivity contribution in [2.24, 2.45) is 11.8 Å². The summed E-state index contributed by atoms with van der Waals surface area (Å²) in [4.78, 5) is 41.4. The maximum atomic E-state index is 13.6. The number of aliphatic hydroxyl groups excluding tert-OH is 1. The van der Waals surface area contributed by atoms with Gasteiger partial charge >= 0.3 is 0 Å². The second-order valence-electron chi connectivity index (χ2n) is 9.15. The Morgan fingerprint density at radius 2 is 1.97 bits per heavy atom. The molecule has 1 spiro atoms. The first-order valence-electron chi connectivity index (χ1n) is 11.7. The van der Waals surface area contributed by atoms with E-state index < -0.39 is 23.5 Å². The number of hydrogen-bond acceptors (Lipinski definition) is 5. The highest BCUT2D eigenvalue weighted by atomic mass is 16.5. The van der Waals surface area contributed by atoms with Crippen LogP contribution >= 0.6 is 0 Å². The van der Waals surface area contributed by atoms with Gasteiger partial charge in [-0.25, -0.2) is 0 Å². The van der Waals surface area contributed by atoms with Crippen LogP contribution in [0.4, 0.5) is 5.69 Å². The first-order valence-corrected chi connectivity index (χ1v) is 11.7. The highest BCUT2D eigenvalue weighted by Crippen LogP contribution is 2.58. The summed E-state index contributed by atoms with van der Waals surface area (Å²) in [5.74, 6) is -2.17. The molecule has 3 aliphatic heterocycles. The summed E-state index contributed by atoms with van der Waals surface area (Å²) in [5.41, 5.74) is -0.425. The van der Waals surface area contributed by atoms with Crippen molar-refractivity contribution >= 4 is 34.2 Å². The Morgan fingerprint density at radius 1 is 1.18 bits per heavy atom. The molecule has 2 aromatic carbocycles. The molecule has 3 N–H and O–H groups in total. The van der Waals surface area contributed by atoms with Gasteiger partial charge in [-0.15, -0.1) is 0 Å². The lowest BCUT2D eigenvalue weighted by atomic mass is 9.70. The number of rotatable bonds is 7. The lowest BCUT2D eigenvalue weighted by Crippen LogP contribution is -2.53. The zero-order valence-corrected chi connectivity index (χ0v) is 18.6. The maximum Gasteiger partial charge on any atom is 0.250 e. The van der Waals surface area contributed by atoms with Crippen molar-refractivity contribution in [3.8, 4) is 0 Å². The van der Waals surface area contributed by atoms with Gasteiger partial charge in [-0.2, -0.15) is 0 Å². The molecule has 3 heterocycles. The first kappa shape index (κ1) is 21.9. The smallest absolute Gasteiger partial charge is 0.250 e. The van der Waals surface area contributed by atoms with Crippen molar-refractivity contribution in [2.45, 2.75) is 43.9 Å². The average molecular weight is 452 g/mol.